The Balaban J connectivity index is 1.80. The van der Waals surface area contributed by atoms with Crippen LogP contribution in [0.2, 0.25) is 0 Å². The van der Waals surface area contributed by atoms with Crippen molar-refractivity contribution in [2.24, 2.45) is 5.92 Å². The van der Waals surface area contributed by atoms with Gasteiger partial charge in [0.05, 0.1) is 6.10 Å². The zero-order valence-corrected chi connectivity index (χ0v) is 14.7. The van der Waals surface area contributed by atoms with Crippen molar-refractivity contribution in [2.75, 3.05) is 26.2 Å². The minimum absolute atomic E-state index is 0.370. The summed E-state index contributed by atoms with van der Waals surface area (Å²) in [5, 5.41) is 3.91. The second kappa shape index (κ2) is 7.94. The third-order valence-electron chi connectivity index (χ3n) is 5.28. The van der Waals surface area contributed by atoms with Crippen LogP contribution < -0.4 is 5.32 Å². The van der Waals surface area contributed by atoms with Gasteiger partial charge in [-0.2, -0.15) is 0 Å². The maximum absolute atomic E-state index is 5.67. The highest BCUT2D eigenvalue weighted by Gasteiger charge is 2.41. The summed E-state index contributed by atoms with van der Waals surface area (Å²) in [7, 11) is 0. The fourth-order valence-corrected chi connectivity index (χ4v) is 4.04. The molecule has 0 aromatic rings. The highest BCUT2D eigenvalue weighted by molar-refractivity contribution is 5.01. The zero-order valence-electron chi connectivity index (χ0n) is 14.7. The minimum atomic E-state index is 0.370. The maximum Gasteiger partial charge on any atom is 0.0518 e. The third-order valence-corrected chi connectivity index (χ3v) is 5.28. The van der Waals surface area contributed by atoms with E-state index < -0.39 is 0 Å². The van der Waals surface area contributed by atoms with Crippen molar-refractivity contribution in [3.8, 4) is 0 Å². The molecule has 0 bridgehead atoms. The molecule has 1 aliphatic heterocycles. The first kappa shape index (κ1) is 17.2. The molecule has 1 N–H and O–H groups in total. The van der Waals surface area contributed by atoms with Gasteiger partial charge in [-0.05, 0) is 52.0 Å². The second-order valence-corrected chi connectivity index (χ2v) is 7.78. The van der Waals surface area contributed by atoms with Crippen LogP contribution in [0.4, 0.5) is 0 Å². The van der Waals surface area contributed by atoms with Crippen molar-refractivity contribution >= 4 is 0 Å². The predicted octanol–water partition coefficient (Wildman–Crippen LogP) is 3.43. The molecule has 1 heterocycles. The van der Waals surface area contributed by atoms with Gasteiger partial charge in [0.2, 0.25) is 0 Å². The number of hydrogen-bond acceptors (Lipinski definition) is 3. The van der Waals surface area contributed by atoms with Crippen LogP contribution in [0.25, 0.3) is 0 Å². The molecule has 1 saturated heterocycles. The van der Waals surface area contributed by atoms with Gasteiger partial charge in [-0.25, -0.2) is 0 Å². The second-order valence-electron chi connectivity index (χ2n) is 7.78. The molecule has 21 heavy (non-hydrogen) atoms. The molecule has 0 aromatic carbocycles. The Morgan fingerprint density at radius 2 is 1.86 bits per heavy atom. The molecule has 1 unspecified atom stereocenters. The third kappa shape index (κ3) is 4.94. The fraction of sp³-hybridized carbons (Fsp3) is 1.00. The lowest BCUT2D eigenvalue weighted by Gasteiger charge is -2.48. The Hall–Kier alpha value is -0.120. The zero-order chi connectivity index (χ0) is 15.3. The normalized spacial score (nSPS) is 26.3. The molecule has 0 amide bonds. The molecule has 1 aliphatic carbocycles. The summed E-state index contributed by atoms with van der Waals surface area (Å²) >= 11 is 0. The van der Waals surface area contributed by atoms with Crippen LogP contribution in [0.5, 0.6) is 0 Å². The van der Waals surface area contributed by atoms with Crippen LogP contribution in [0.1, 0.15) is 66.2 Å². The summed E-state index contributed by atoms with van der Waals surface area (Å²) in [6.45, 7) is 13.6. The van der Waals surface area contributed by atoms with Crippen molar-refractivity contribution in [3.05, 3.63) is 0 Å². The molecular formula is C18H36N2O. The van der Waals surface area contributed by atoms with E-state index >= 15 is 0 Å². The van der Waals surface area contributed by atoms with Crippen LogP contribution in [0.3, 0.4) is 0 Å². The molecule has 124 valence electrons. The minimum Gasteiger partial charge on any atom is -0.379 e. The Labute approximate surface area is 131 Å². The number of nitrogens with one attached hydrogen (secondary N) is 1. The summed E-state index contributed by atoms with van der Waals surface area (Å²) < 4.78 is 5.67. The van der Waals surface area contributed by atoms with Crippen molar-refractivity contribution in [1.29, 1.82) is 0 Å². The quantitative estimate of drug-likeness (QED) is 0.728. The smallest absolute Gasteiger partial charge is 0.0518 e. The average molecular weight is 296 g/mol. The first-order chi connectivity index (χ1) is 10.0. The molecule has 2 aliphatic rings. The van der Waals surface area contributed by atoms with Crippen molar-refractivity contribution in [1.82, 2.24) is 10.2 Å². The van der Waals surface area contributed by atoms with E-state index in [9.17, 15) is 0 Å². The highest BCUT2D eigenvalue weighted by Crippen LogP contribution is 2.34. The van der Waals surface area contributed by atoms with Crippen molar-refractivity contribution in [3.63, 3.8) is 0 Å². The van der Waals surface area contributed by atoms with E-state index in [4.69, 9.17) is 4.74 Å². The molecule has 0 radical (unpaired) electrons. The van der Waals surface area contributed by atoms with E-state index in [1.165, 1.54) is 58.2 Å². The number of nitrogens with zero attached hydrogens (tertiary/aromatic N) is 1. The van der Waals surface area contributed by atoms with Crippen LogP contribution in [-0.2, 0) is 4.74 Å². The molecule has 0 aromatic heterocycles. The topological polar surface area (TPSA) is 24.5 Å². The Morgan fingerprint density at radius 1 is 1.14 bits per heavy atom. The fourth-order valence-electron chi connectivity index (χ4n) is 4.04. The van der Waals surface area contributed by atoms with E-state index in [-0.39, 0.29) is 0 Å². The summed E-state index contributed by atoms with van der Waals surface area (Å²) in [4.78, 5) is 2.78. The molecule has 1 spiro atoms. The monoisotopic (exact) mass is 296 g/mol. The Bertz CT molecular complexity index is 298. The summed E-state index contributed by atoms with van der Waals surface area (Å²) in [6, 6.07) is 0.710. The van der Waals surface area contributed by atoms with Gasteiger partial charge in [0.25, 0.3) is 0 Å². The van der Waals surface area contributed by atoms with E-state index in [1.54, 1.807) is 0 Å². The largest absolute Gasteiger partial charge is 0.379 e. The van der Waals surface area contributed by atoms with E-state index in [2.05, 4.69) is 37.9 Å². The van der Waals surface area contributed by atoms with Crippen LogP contribution in [0, 0.1) is 5.92 Å². The van der Waals surface area contributed by atoms with Gasteiger partial charge >= 0.3 is 0 Å². The lowest BCUT2D eigenvalue weighted by atomic mass is 9.89. The number of rotatable bonds is 7. The molecule has 1 atom stereocenters. The molecule has 2 rings (SSSR count). The lowest BCUT2D eigenvalue weighted by molar-refractivity contribution is 0.0469. The number of hydrogen-bond donors (Lipinski definition) is 1. The predicted molar refractivity (Wildman–Crippen MR) is 89.7 cm³/mol. The first-order valence-corrected chi connectivity index (χ1v) is 9.13. The van der Waals surface area contributed by atoms with Crippen molar-refractivity contribution < 1.29 is 4.74 Å². The van der Waals surface area contributed by atoms with Crippen LogP contribution in [0.15, 0.2) is 0 Å². The summed E-state index contributed by atoms with van der Waals surface area (Å²) in [5.41, 5.74) is 0.444. The maximum atomic E-state index is 5.67. The first-order valence-electron chi connectivity index (χ1n) is 9.13. The van der Waals surface area contributed by atoms with Gasteiger partial charge in [-0.15, -0.1) is 0 Å². The van der Waals surface area contributed by atoms with Gasteiger partial charge in [-0.3, -0.25) is 4.90 Å². The van der Waals surface area contributed by atoms with Crippen LogP contribution >= 0.6 is 0 Å². The number of unbranched alkanes of at least 4 members (excludes halogenated alkanes) is 1. The van der Waals surface area contributed by atoms with Gasteiger partial charge in [0.15, 0.2) is 0 Å². The number of piperazine rings is 1. The van der Waals surface area contributed by atoms with Crippen LogP contribution in [-0.4, -0.2) is 48.8 Å². The molecule has 2 fully saturated rings. The van der Waals surface area contributed by atoms with E-state index in [0.717, 1.165) is 12.5 Å². The van der Waals surface area contributed by atoms with Gasteiger partial charge in [-0.1, -0.05) is 26.7 Å². The van der Waals surface area contributed by atoms with E-state index in [1.807, 2.05) is 0 Å². The Morgan fingerprint density at radius 3 is 2.48 bits per heavy atom. The van der Waals surface area contributed by atoms with Gasteiger partial charge in [0.1, 0.15) is 0 Å². The SMILES string of the molecule is CC(C)OCCCCN1CC2(CCCC2)NCC1C(C)C. The molecule has 1 saturated carbocycles. The molecule has 3 nitrogen and oxygen atoms in total. The standard InChI is InChI=1S/C18H36N2O/c1-15(2)17-13-19-18(9-5-6-10-18)14-20(17)11-7-8-12-21-16(3)4/h15-17,19H,5-14H2,1-4H3. The van der Waals surface area contributed by atoms with Crippen molar-refractivity contribution in [2.45, 2.75) is 83.9 Å². The summed E-state index contributed by atoms with van der Waals surface area (Å²) in [5.74, 6) is 0.739. The Kier molecular flexibility index (Phi) is 6.51. The van der Waals surface area contributed by atoms with Gasteiger partial charge in [0, 0.05) is 31.3 Å². The molecule has 3 heteroatoms. The lowest BCUT2D eigenvalue weighted by Crippen LogP contribution is -2.64. The number of ether oxygens (including phenoxy) is 1. The van der Waals surface area contributed by atoms with E-state index in [0.29, 0.717) is 17.7 Å². The average Bonchev–Trinajstić information content (AvgIpc) is 2.86. The molecular weight excluding hydrogens is 260 g/mol. The highest BCUT2D eigenvalue weighted by atomic mass is 16.5. The summed E-state index contributed by atoms with van der Waals surface area (Å²) in [6.07, 6.45) is 8.42. The van der Waals surface area contributed by atoms with Gasteiger partial charge < -0.3 is 10.1 Å².